The molecular weight excluding hydrogens is 322 g/mol. The summed E-state index contributed by atoms with van der Waals surface area (Å²) < 4.78 is 0. The lowest BCUT2D eigenvalue weighted by Crippen LogP contribution is -2.30. The van der Waals surface area contributed by atoms with Gasteiger partial charge in [0.25, 0.3) is 0 Å². The molecule has 3 rings (SSSR count). The van der Waals surface area contributed by atoms with Crippen LogP contribution in [0, 0.1) is 0 Å². The number of para-hydroxylation sites is 1. The minimum absolute atomic E-state index is 0.0262. The third-order valence-corrected chi connectivity index (χ3v) is 5.40. The molecule has 24 heavy (non-hydrogen) atoms. The van der Waals surface area contributed by atoms with Crippen LogP contribution in [0.2, 0.25) is 0 Å². The van der Waals surface area contributed by atoms with Crippen LogP contribution in [-0.2, 0) is 22.6 Å². The Bertz CT molecular complexity index is 756. The molecule has 0 radical (unpaired) electrons. The average molecular weight is 343 g/mol. The van der Waals surface area contributed by atoms with Crippen molar-refractivity contribution in [2.24, 2.45) is 0 Å². The number of rotatable bonds is 5. The molecule has 2 amide bonds. The van der Waals surface area contributed by atoms with Crippen molar-refractivity contribution in [1.82, 2.24) is 9.88 Å². The van der Waals surface area contributed by atoms with Crippen molar-refractivity contribution in [2.45, 2.75) is 38.6 Å². The monoisotopic (exact) mass is 343 g/mol. The van der Waals surface area contributed by atoms with Crippen LogP contribution in [0.15, 0.2) is 30.5 Å². The van der Waals surface area contributed by atoms with E-state index in [1.54, 1.807) is 23.3 Å². The molecule has 0 saturated heterocycles. The van der Waals surface area contributed by atoms with Crippen molar-refractivity contribution < 1.29 is 9.59 Å². The summed E-state index contributed by atoms with van der Waals surface area (Å²) in [5, 5.41) is 3.82. The smallest absolute Gasteiger partial charge is 0.225 e. The van der Waals surface area contributed by atoms with Crippen LogP contribution in [0.1, 0.15) is 41.1 Å². The molecule has 1 atom stereocenters. The van der Waals surface area contributed by atoms with E-state index in [1.165, 1.54) is 4.88 Å². The van der Waals surface area contributed by atoms with Crippen LogP contribution in [-0.4, -0.2) is 28.7 Å². The number of carbonyl (C=O) groups is 2. The van der Waals surface area contributed by atoms with E-state index in [4.69, 9.17) is 0 Å². The van der Waals surface area contributed by atoms with E-state index in [2.05, 4.69) is 17.2 Å². The molecule has 0 saturated carbocycles. The topological polar surface area (TPSA) is 62.3 Å². The Morgan fingerprint density at radius 3 is 2.96 bits per heavy atom. The summed E-state index contributed by atoms with van der Waals surface area (Å²) in [6, 6.07) is 7.71. The molecule has 1 aliphatic heterocycles. The maximum Gasteiger partial charge on any atom is 0.225 e. The van der Waals surface area contributed by atoms with Crippen molar-refractivity contribution in [1.29, 1.82) is 0 Å². The van der Waals surface area contributed by atoms with Crippen LogP contribution in [0.4, 0.5) is 5.69 Å². The summed E-state index contributed by atoms with van der Waals surface area (Å²) in [4.78, 5) is 31.7. The highest BCUT2D eigenvalue weighted by molar-refractivity contribution is 7.11. The van der Waals surface area contributed by atoms with E-state index in [-0.39, 0.29) is 17.7 Å². The zero-order valence-electron chi connectivity index (χ0n) is 13.9. The highest BCUT2D eigenvalue weighted by Gasteiger charge is 2.27. The van der Waals surface area contributed by atoms with E-state index < -0.39 is 0 Å². The Labute approximate surface area is 145 Å². The van der Waals surface area contributed by atoms with Gasteiger partial charge in [-0.05, 0) is 18.1 Å². The Morgan fingerprint density at radius 1 is 1.42 bits per heavy atom. The summed E-state index contributed by atoms with van der Waals surface area (Å²) in [6.45, 7) is 2.61. The molecule has 1 aromatic carbocycles. The predicted molar refractivity (Wildman–Crippen MR) is 95.0 cm³/mol. The first kappa shape index (κ1) is 16.6. The van der Waals surface area contributed by atoms with Crippen molar-refractivity contribution in [3.8, 4) is 0 Å². The number of amides is 2. The van der Waals surface area contributed by atoms with Crippen LogP contribution < -0.4 is 5.32 Å². The highest BCUT2D eigenvalue weighted by Crippen LogP contribution is 2.34. The standard InChI is InChI=1S/C18H21N3O2S/c1-3-13-10-19-17(24-13)11-21(2)18(23)9-12-8-16(22)20-15-7-5-4-6-14(12)15/h4-7,10,12H,3,8-9,11H2,1-2H3,(H,20,22). The fourth-order valence-electron chi connectivity index (χ4n) is 2.93. The van der Waals surface area contributed by atoms with Crippen LogP contribution in [0.25, 0.3) is 0 Å². The number of benzene rings is 1. The fourth-order valence-corrected chi connectivity index (χ4v) is 3.84. The van der Waals surface area contributed by atoms with Gasteiger partial charge in [0.1, 0.15) is 5.01 Å². The molecule has 1 aromatic heterocycles. The largest absolute Gasteiger partial charge is 0.339 e. The number of aryl methyl sites for hydroxylation is 1. The number of nitrogens with one attached hydrogen (secondary N) is 1. The lowest BCUT2D eigenvalue weighted by molar-refractivity contribution is -0.131. The minimum Gasteiger partial charge on any atom is -0.339 e. The normalized spacial score (nSPS) is 16.4. The predicted octanol–water partition coefficient (Wildman–Crippen LogP) is 3.18. The lowest BCUT2D eigenvalue weighted by atomic mass is 9.87. The van der Waals surface area contributed by atoms with Gasteiger partial charge in [0.2, 0.25) is 11.8 Å². The van der Waals surface area contributed by atoms with Gasteiger partial charge in [0.05, 0.1) is 6.54 Å². The van der Waals surface area contributed by atoms with Crippen molar-refractivity contribution >= 4 is 28.8 Å². The summed E-state index contributed by atoms with van der Waals surface area (Å²) in [7, 11) is 1.80. The molecule has 0 fully saturated rings. The molecule has 1 N–H and O–H groups in total. The molecule has 1 aliphatic rings. The summed E-state index contributed by atoms with van der Waals surface area (Å²) in [6.07, 6.45) is 3.53. The van der Waals surface area contributed by atoms with Crippen molar-refractivity contribution in [3.63, 3.8) is 0 Å². The maximum atomic E-state index is 12.6. The Morgan fingerprint density at radius 2 is 2.21 bits per heavy atom. The number of aromatic nitrogens is 1. The molecule has 6 heteroatoms. The average Bonchev–Trinajstić information content (AvgIpc) is 3.02. The summed E-state index contributed by atoms with van der Waals surface area (Å²) in [5.41, 5.74) is 1.86. The Balaban J connectivity index is 1.67. The first-order valence-electron chi connectivity index (χ1n) is 8.13. The summed E-state index contributed by atoms with van der Waals surface area (Å²) >= 11 is 1.64. The van der Waals surface area contributed by atoms with Gasteiger partial charge in [-0.1, -0.05) is 25.1 Å². The van der Waals surface area contributed by atoms with Gasteiger partial charge in [0.15, 0.2) is 0 Å². The highest BCUT2D eigenvalue weighted by atomic mass is 32.1. The number of hydrogen-bond acceptors (Lipinski definition) is 4. The van der Waals surface area contributed by atoms with Crippen LogP contribution in [0.3, 0.4) is 0 Å². The number of nitrogens with zero attached hydrogens (tertiary/aromatic N) is 2. The third kappa shape index (κ3) is 3.64. The Hall–Kier alpha value is -2.21. The molecule has 126 valence electrons. The second-order valence-electron chi connectivity index (χ2n) is 6.06. The number of hydrogen-bond donors (Lipinski definition) is 1. The second-order valence-corrected chi connectivity index (χ2v) is 7.26. The molecule has 0 spiro atoms. The van der Waals surface area contributed by atoms with E-state index in [0.717, 1.165) is 22.7 Å². The zero-order valence-corrected chi connectivity index (χ0v) is 14.7. The summed E-state index contributed by atoms with van der Waals surface area (Å²) in [5.74, 6) is -0.0492. The lowest BCUT2D eigenvalue weighted by Gasteiger charge is -2.26. The van der Waals surface area contributed by atoms with Gasteiger partial charge in [-0.15, -0.1) is 11.3 Å². The molecule has 1 unspecified atom stereocenters. The van der Waals surface area contributed by atoms with Gasteiger partial charge >= 0.3 is 0 Å². The fraction of sp³-hybridized carbons (Fsp3) is 0.389. The molecule has 2 heterocycles. The molecule has 2 aromatic rings. The third-order valence-electron chi connectivity index (χ3n) is 4.28. The van der Waals surface area contributed by atoms with Gasteiger partial charge in [-0.25, -0.2) is 4.98 Å². The van der Waals surface area contributed by atoms with E-state index in [9.17, 15) is 9.59 Å². The molecule has 0 bridgehead atoms. The van der Waals surface area contributed by atoms with Crippen LogP contribution >= 0.6 is 11.3 Å². The molecular formula is C18H21N3O2S. The van der Waals surface area contributed by atoms with E-state index in [1.807, 2.05) is 30.5 Å². The second kappa shape index (κ2) is 7.13. The molecule has 5 nitrogen and oxygen atoms in total. The first-order chi connectivity index (χ1) is 11.6. The van der Waals surface area contributed by atoms with Crippen molar-refractivity contribution in [2.75, 3.05) is 12.4 Å². The number of thiazole rings is 1. The van der Waals surface area contributed by atoms with Gasteiger partial charge in [-0.2, -0.15) is 0 Å². The SMILES string of the molecule is CCc1cnc(CN(C)C(=O)CC2CC(=O)Nc3ccccc32)s1. The first-order valence-corrected chi connectivity index (χ1v) is 8.94. The van der Waals surface area contributed by atoms with Crippen molar-refractivity contribution in [3.05, 3.63) is 45.9 Å². The number of carbonyl (C=O) groups excluding carboxylic acids is 2. The quantitative estimate of drug-likeness (QED) is 0.907. The van der Waals surface area contributed by atoms with Gasteiger partial charge < -0.3 is 10.2 Å². The number of anilines is 1. The van der Waals surface area contributed by atoms with E-state index in [0.29, 0.717) is 19.4 Å². The van der Waals surface area contributed by atoms with Gasteiger partial charge in [0, 0.05) is 42.6 Å². The Kier molecular flexibility index (Phi) is 4.94. The minimum atomic E-state index is -0.0626. The van der Waals surface area contributed by atoms with Gasteiger partial charge in [-0.3, -0.25) is 9.59 Å². The molecule has 0 aliphatic carbocycles. The van der Waals surface area contributed by atoms with E-state index >= 15 is 0 Å². The zero-order chi connectivity index (χ0) is 17.1. The maximum absolute atomic E-state index is 12.6. The number of fused-ring (bicyclic) bond motifs is 1. The van der Waals surface area contributed by atoms with Crippen LogP contribution in [0.5, 0.6) is 0 Å².